The zero-order chi connectivity index (χ0) is 13.2. The second kappa shape index (κ2) is 5.33. The minimum atomic E-state index is 0.0591. The maximum Gasteiger partial charge on any atom is 0.228 e. The molecule has 2 rings (SSSR count). The third-order valence-electron chi connectivity index (χ3n) is 3.37. The van der Waals surface area contributed by atoms with Gasteiger partial charge in [-0.05, 0) is 17.2 Å². The van der Waals surface area contributed by atoms with Gasteiger partial charge in [0, 0.05) is 29.9 Å². The average molecular weight is 264 g/mol. The Morgan fingerprint density at radius 2 is 2.22 bits per heavy atom. The van der Waals surface area contributed by atoms with E-state index in [1.807, 2.05) is 6.07 Å². The van der Waals surface area contributed by atoms with Gasteiger partial charge in [0.2, 0.25) is 5.91 Å². The van der Waals surface area contributed by atoms with Gasteiger partial charge in [-0.25, -0.2) is 0 Å². The van der Waals surface area contributed by atoms with E-state index < -0.39 is 0 Å². The number of anilines is 1. The van der Waals surface area contributed by atoms with Crippen molar-refractivity contribution in [2.75, 3.05) is 24.2 Å². The van der Waals surface area contributed by atoms with Crippen LogP contribution in [-0.4, -0.2) is 24.7 Å². The van der Waals surface area contributed by atoms with Crippen molar-refractivity contribution in [3.05, 3.63) is 29.3 Å². The summed E-state index contributed by atoms with van der Waals surface area (Å²) < 4.78 is 0. The molecule has 0 atom stereocenters. The van der Waals surface area contributed by atoms with Gasteiger partial charge in [0.15, 0.2) is 0 Å². The lowest BCUT2D eigenvalue weighted by Gasteiger charge is -2.26. The van der Waals surface area contributed by atoms with Crippen LogP contribution >= 0.6 is 12.6 Å². The molecule has 1 aliphatic rings. The third kappa shape index (κ3) is 2.87. The first-order valence-corrected chi connectivity index (χ1v) is 6.91. The summed E-state index contributed by atoms with van der Waals surface area (Å²) in [6.45, 7) is 6.25. The molecule has 1 aromatic rings. The smallest absolute Gasteiger partial charge is 0.228 e. The van der Waals surface area contributed by atoms with E-state index in [2.05, 4.69) is 49.2 Å². The summed E-state index contributed by atoms with van der Waals surface area (Å²) in [7, 11) is 0. The second-order valence-corrected chi connectivity index (χ2v) is 5.83. The number of benzene rings is 1. The van der Waals surface area contributed by atoms with Crippen molar-refractivity contribution >= 4 is 24.2 Å². The predicted molar refractivity (Wildman–Crippen MR) is 78.5 cm³/mol. The highest BCUT2D eigenvalue weighted by molar-refractivity contribution is 7.80. The van der Waals surface area contributed by atoms with Gasteiger partial charge in [-0.3, -0.25) is 4.79 Å². The number of amides is 1. The summed E-state index contributed by atoms with van der Waals surface area (Å²) in [6.07, 6.45) is 0.503. The summed E-state index contributed by atoms with van der Waals surface area (Å²) in [5.74, 6) is 0.937. The number of fused-ring (bicyclic) bond motifs is 1. The zero-order valence-electron chi connectivity index (χ0n) is 10.9. The Morgan fingerprint density at radius 3 is 2.94 bits per heavy atom. The number of thiol groups is 1. The molecule has 4 heteroatoms. The molecule has 98 valence electrons. The van der Waals surface area contributed by atoms with E-state index in [9.17, 15) is 4.79 Å². The predicted octanol–water partition coefficient (Wildman–Crippen LogP) is 1.98. The standard InChI is InChI=1S/C14H20N2OS/c1-14(2,9-15-5-6-18)11-3-4-12-10(7-11)8-13(17)16-12/h3-4,7,15,18H,5-6,8-9H2,1-2H3,(H,16,17). The minimum Gasteiger partial charge on any atom is -0.326 e. The fourth-order valence-corrected chi connectivity index (χ4v) is 2.39. The average Bonchev–Trinajstić information content (AvgIpc) is 2.68. The lowest BCUT2D eigenvalue weighted by molar-refractivity contribution is -0.115. The van der Waals surface area contributed by atoms with Gasteiger partial charge < -0.3 is 10.6 Å². The molecule has 3 nitrogen and oxygen atoms in total. The van der Waals surface area contributed by atoms with Gasteiger partial charge in [-0.1, -0.05) is 26.0 Å². The van der Waals surface area contributed by atoms with Crippen LogP contribution in [0.4, 0.5) is 5.69 Å². The molecule has 0 aromatic heterocycles. The van der Waals surface area contributed by atoms with Crippen LogP contribution in [-0.2, 0) is 16.6 Å². The van der Waals surface area contributed by atoms with Crippen molar-refractivity contribution in [2.45, 2.75) is 25.7 Å². The van der Waals surface area contributed by atoms with Crippen molar-refractivity contribution < 1.29 is 4.79 Å². The molecule has 0 unspecified atom stereocenters. The van der Waals surface area contributed by atoms with Gasteiger partial charge in [0.25, 0.3) is 0 Å². The van der Waals surface area contributed by atoms with Crippen molar-refractivity contribution in [1.29, 1.82) is 0 Å². The van der Waals surface area contributed by atoms with E-state index in [4.69, 9.17) is 0 Å². The summed E-state index contributed by atoms with van der Waals surface area (Å²) in [4.78, 5) is 11.3. The van der Waals surface area contributed by atoms with Crippen LogP contribution in [0.1, 0.15) is 25.0 Å². The van der Waals surface area contributed by atoms with Crippen molar-refractivity contribution in [3.8, 4) is 0 Å². The Labute approximate surface area is 114 Å². The van der Waals surface area contributed by atoms with Gasteiger partial charge >= 0.3 is 0 Å². The second-order valence-electron chi connectivity index (χ2n) is 5.38. The number of carbonyl (C=O) groups is 1. The first kappa shape index (κ1) is 13.4. The SMILES string of the molecule is CC(C)(CNCCS)c1ccc2c(c1)CC(=O)N2. The molecule has 0 spiro atoms. The van der Waals surface area contributed by atoms with Crippen LogP contribution < -0.4 is 10.6 Å². The Bertz CT molecular complexity index is 457. The Hall–Kier alpha value is -1.00. The van der Waals surface area contributed by atoms with E-state index in [-0.39, 0.29) is 11.3 Å². The monoisotopic (exact) mass is 264 g/mol. The van der Waals surface area contributed by atoms with Crippen molar-refractivity contribution in [3.63, 3.8) is 0 Å². The normalized spacial score (nSPS) is 14.5. The molecular weight excluding hydrogens is 244 g/mol. The van der Waals surface area contributed by atoms with E-state index in [1.165, 1.54) is 5.56 Å². The van der Waals surface area contributed by atoms with Crippen LogP contribution in [0.25, 0.3) is 0 Å². The minimum absolute atomic E-state index is 0.0591. The molecule has 18 heavy (non-hydrogen) atoms. The molecule has 0 radical (unpaired) electrons. The molecule has 0 saturated carbocycles. The number of hydrogen-bond acceptors (Lipinski definition) is 3. The molecule has 1 heterocycles. The molecule has 0 fully saturated rings. The maximum atomic E-state index is 11.3. The van der Waals surface area contributed by atoms with Gasteiger partial charge in [0.05, 0.1) is 6.42 Å². The van der Waals surface area contributed by atoms with Crippen LogP contribution in [0.2, 0.25) is 0 Å². The number of carbonyl (C=O) groups excluding carboxylic acids is 1. The molecule has 0 saturated heterocycles. The third-order valence-corrected chi connectivity index (χ3v) is 3.59. The molecule has 1 amide bonds. The Morgan fingerprint density at radius 1 is 1.44 bits per heavy atom. The van der Waals surface area contributed by atoms with Gasteiger partial charge in [-0.15, -0.1) is 0 Å². The first-order valence-electron chi connectivity index (χ1n) is 6.28. The molecular formula is C14H20N2OS. The fourth-order valence-electron chi connectivity index (χ4n) is 2.23. The molecule has 0 bridgehead atoms. The van der Waals surface area contributed by atoms with E-state index in [0.717, 1.165) is 30.1 Å². The van der Waals surface area contributed by atoms with Crippen LogP contribution in [0.3, 0.4) is 0 Å². The Balaban J connectivity index is 2.13. The van der Waals surface area contributed by atoms with E-state index in [1.54, 1.807) is 0 Å². The summed E-state index contributed by atoms with van der Waals surface area (Å²) in [5.41, 5.74) is 3.40. The lowest BCUT2D eigenvalue weighted by Crippen LogP contribution is -2.34. The molecule has 0 aliphatic carbocycles. The highest BCUT2D eigenvalue weighted by Crippen LogP contribution is 2.29. The zero-order valence-corrected chi connectivity index (χ0v) is 11.8. The maximum absolute atomic E-state index is 11.3. The molecule has 2 N–H and O–H groups in total. The van der Waals surface area contributed by atoms with E-state index in [0.29, 0.717) is 6.42 Å². The highest BCUT2D eigenvalue weighted by atomic mass is 32.1. The highest BCUT2D eigenvalue weighted by Gasteiger charge is 2.24. The molecule has 1 aliphatic heterocycles. The van der Waals surface area contributed by atoms with Crippen LogP contribution in [0.5, 0.6) is 0 Å². The quantitative estimate of drug-likeness (QED) is 0.562. The number of hydrogen-bond donors (Lipinski definition) is 3. The number of nitrogens with one attached hydrogen (secondary N) is 2. The number of rotatable bonds is 5. The summed E-state index contributed by atoms with van der Waals surface area (Å²) >= 11 is 4.19. The molecule has 1 aromatic carbocycles. The van der Waals surface area contributed by atoms with E-state index >= 15 is 0 Å². The first-order chi connectivity index (χ1) is 8.53. The van der Waals surface area contributed by atoms with Gasteiger partial charge in [-0.2, -0.15) is 12.6 Å². The summed E-state index contributed by atoms with van der Waals surface area (Å²) in [5, 5.41) is 6.26. The van der Waals surface area contributed by atoms with Crippen LogP contribution in [0.15, 0.2) is 18.2 Å². The fraction of sp³-hybridized carbons (Fsp3) is 0.500. The topological polar surface area (TPSA) is 41.1 Å². The summed E-state index contributed by atoms with van der Waals surface area (Å²) in [6, 6.07) is 6.26. The van der Waals surface area contributed by atoms with Crippen molar-refractivity contribution in [1.82, 2.24) is 5.32 Å². The largest absolute Gasteiger partial charge is 0.326 e. The van der Waals surface area contributed by atoms with Gasteiger partial charge in [0.1, 0.15) is 0 Å². The Kier molecular flexibility index (Phi) is 3.97. The van der Waals surface area contributed by atoms with Crippen molar-refractivity contribution in [2.24, 2.45) is 0 Å². The lowest BCUT2D eigenvalue weighted by atomic mass is 9.83. The van der Waals surface area contributed by atoms with Crippen LogP contribution in [0, 0.1) is 0 Å².